The number of carbonyl (C=O) groups excluding carboxylic acids is 2. The minimum absolute atomic E-state index is 0.0177. The average Bonchev–Trinajstić information content (AvgIpc) is 2.76. The molecule has 2 aromatic carbocycles. The van der Waals surface area contributed by atoms with Crippen LogP contribution < -0.4 is 9.62 Å². The summed E-state index contributed by atoms with van der Waals surface area (Å²) in [6, 6.07) is 9.28. The number of sulfonamides is 1. The van der Waals surface area contributed by atoms with Gasteiger partial charge in [-0.15, -0.1) is 0 Å². The number of amides is 2. The molecule has 0 bridgehead atoms. The third-order valence-corrected chi connectivity index (χ3v) is 7.41. The lowest BCUT2D eigenvalue weighted by molar-refractivity contribution is -0.139. The van der Waals surface area contributed by atoms with Gasteiger partial charge < -0.3 is 10.2 Å². The fourth-order valence-corrected chi connectivity index (χ4v) is 4.77. The number of rotatable bonds is 10. The van der Waals surface area contributed by atoms with Crippen molar-refractivity contribution in [1.29, 1.82) is 0 Å². The molecule has 0 aliphatic rings. The van der Waals surface area contributed by atoms with Crippen molar-refractivity contribution in [1.82, 2.24) is 10.2 Å². The Hall–Kier alpha value is -2.00. The van der Waals surface area contributed by atoms with Crippen molar-refractivity contribution in [3.8, 4) is 0 Å². The molecular weight excluding hydrogens is 533 g/mol. The molecule has 2 aromatic rings. The maximum absolute atomic E-state index is 13.5. The minimum atomic E-state index is -3.95. The van der Waals surface area contributed by atoms with Crippen LogP contribution >= 0.6 is 34.8 Å². The van der Waals surface area contributed by atoms with E-state index >= 15 is 0 Å². The monoisotopic (exact) mass is 561 g/mol. The van der Waals surface area contributed by atoms with E-state index in [0.717, 1.165) is 21.7 Å². The second kappa shape index (κ2) is 12.3. The van der Waals surface area contributed by atoms with Gasteiger partial charge in [-0.05, 0) is 37.5 Å². The van der Waals surface area contributed by atoms with Crippen molar-refractivity contribution in [2.45, 2.75) is 40.3 Å². The molecule has 0 fully saturated rings. The molecule has 0 spiro atoms. The highest BCUT2D eigenvalue weighted by Crippen LogP contribution is 2.35. The molecule has 2 amide bonds. The number of aryl methyl sites for hydroxylation is 1. The van der Waals surface area contributed by atoms with Crippen LogP contribution in [0.1, 0.15) is 31.9 Å². The van der Waals surface area contributed by atoms with Crippen molar-refractivity contribution in [2.75, 3.05) is 23.7 Å². The quantitative estimate of drug-likeness (QED) is 0.417. The summed E-state index contributed by atoms with van der Waals surface area (Å²) in [7, 11) is -3.95. The van der Waals surface area contributed by atoms with Crippen LogP contribution in [0.15, 0.2) is 36.4 Å². The Bertz CT molecular complexity index is 1170. The molecule has 0 aromatic heterocycles. The smallest absolute Gasteiger partial charge is 0.244 e. The van der Waals surface area contributed by atoms with Gasteiger partial charge in [0.15, 0.2) is 0 Å². The van der Waals surface area contributed by atoms with E-state index in [0.29, 0.717) is 6.54 Å². The van der Waals surface area contributed by atoms with E-state index in [-0.39, 0.29) is 39.1 Å². The molecule has 2 rings (SSSR count). The number of nitrogens with zero attached hydrogens (tertiary/aromatic N) is 2. The fraction of sp³-hybridized carbons (Fsp3) is 0.417. The maximum Gasteiger partial charge on any atom is 0.244 e. The highest BCUT2D eigenvalue weighted by Gasteiger charge is 2.31. The van der Waals surface area contributed by atoms with Gasteiger partial charge in [0.25, 0.3) is 0 Å². The van der Waals surface area contributed by atoms with E-state index in [1.54, 1.807) is 6.92 Å². The largest absolute Gasteiger partial charge is 0.354 e. The molecule has 0 heterocycles. The lowest BCUT2D eigenvalue weighted by Crippen LogP contribution is -2.51. The maximum atomic E-state index is 13.5. The Balaban J connectivity index is 2.43. The standard InChI is InChI=1S/C24H30Cl3N3O4S/c1-15(2)12-28-24(32)17(4)29(13-18-8-6-16(3)7-9-18)23(31)14-30(35(5,33)34)22-11-20(26)19(25)10-21(22)27/h6-11,15,17H,12-14H2,1-5H3,(H,28,32)/t17-/m1/s1. The average molecular weight is 563 g/mol. The zero-order valence-corrected chi connectivity index (χ0v) is 23.4. The number of halogens is 3. The van der Waals surface area contributed by atoms with E-state index in [4.69, 9.17) is 34.8 Å². The van der Waals surface area contributed by atoms with E-state index in [2.05, 4.69) is 5.32 Å². The highest BCUT2D eigenvalue weighted by atomic mass is 35.5. The topological polar surface area (TPSA) is 86.8 Å². The normalized spacial score (nSPS) is 12.4. The van der Waals surface area contributed by atoms with Gasteiger partial charge in [-0.25, -0.2) is 8.42 Å². The number of hydrogen-bond donors (Lipinski definition) is 1. The summed E-state index contributed by atoms with van der Waals surface area (Å²) in [6.07, 6.45) is 0.961. The van der Waals surface area contributed by atoms with Gasteiger partial charge in [0.1, 0.15) is 12.6 Å². The van der Waals surface area contributed by atoms with Crippen molar-refractivity contribution in [3.05, 3.63) is 62.6 Å². The van der Waals surface area contributed by atoms with Crippen molar-refractivity contribution >= 4 is 62.3 Å². The van der Waals surface area contributed by atoms with Gasteiger partial charge in [0.2, 0.25) is 21.8 Å². The number of carbonyl (C=O) groups is 2. The first-order chi connectivity index (χ1) is 16.2. The van der Waals surface area contributed by atoms with Crippen LogP contribution in [0.25, 0.3) is 0 Å². The van der Waals surface area contributed by atoms with Gasteiger partial charge in [0, 0.05) is 13.1 Å². The molecule has 0 saturated heterocycles. The minimum Gasteiger partial charge on any atom is -0.354 e. The van der Waals surface area contributed by atoms with E-state index < -0.39 is 28.5 Å². The van der Waals surface area contributed by atoms with Crippen LogP contribution in [0.5, 0.6) is 0 Å². The van der Waals surface area contributed by atoms with Crippen LogP contribution in [0.4, 0.5) is 5.69 Å². The third-order valence-electron chi connectivity index (χ3n) is 5.26. The summed E-state index contributed by atoms with van der Waals surface area (Å²) in [5, 5.41) is 3.09. The zero-order chi connectivity index (χ0) is 26.5. The molecule has 1 N–H and O–H groups in total. The summed E-state index contributed by atoms with van der Waals surface area (Å²) in [5.74, 6) is -0.687. The Morgan fingerprint density at radius 3 is 2.09 bits per heavy atom. The highest BCUT2D eigenvalue weighted by molar-refractivity contribution is 7.92. The first-order valence-electron chi connectivity index (χ1n) is 11.0. The van der Waals surface area contributed by atoms with Crippen LogP contribution in [0, 0.1) is 12.8 Å². The summed E-state index contributed by atoms with van der Waals surface area (Å²) in [5.41, 5.74) is 1.86. The molecule has 192 valence electrons. The van der Waals surface area contributed by atoms with Crippen LogP contribution in [0.3, 0.4) is 0 Å². The number of nitrogens with one attached hydrogen (secondary N) is 1. The van der Waals surface area contributed by atoms with Crippen LogP contribution in [-0.2, 0) is 26.2 Å². The van der Waals surface area contributed by atoms with Crippen LogP contribution in [-0.4, -0.2) is 50.5 Å². The molecule has 0 unspecified atom stereocenters. The van der Waals surface area contributed by atoms with Crippen molar-refractivity contribution < 1.29 is 18.0 Å². The summed E-state index contributed by atoms with van der Waals surface area (Å²) >= 11 is 18.3. The first kappa shape index (κ1) is 29.2. The number of anilines is 1. The van der Waals surface area contributed by atoms with Crippen molar-refractivity contribution in [3.63, 3.8) is 0 Å². The predicted octanol–water partition coefficient (Wildman–Crippen LogP) is 4.91. The van der Waals surface area contributed by atoms with E-state index in [1.807, 2.05) is 45.0 Å². The van der Waals surface area contributed by atoms with Gasteiger partial charge >= 0.3 is 0 Å². The number of benzene rings is 2. The first-order valence-corrected chi connectivity index (χ1v) is 13.9. The molecule has 0 aliphatic heterocycles. The second-order valence-electron chi connectivity index (χ2n) is 8.81. The predicted molar refractivity (Wildman–Crippen MR) is 143 cm³/mol. The molecular formula is C24H30Cl3N3O4S. The SMILES string of the molecule is Cc1ccc(CN(C(=O)CN(c2cc(Cl)c(Cl)cc2Cl)S(C)(=O)=O)[C@H](C)C(=O)NCC(C)C)cc1. The second-order valence-corrected chi connectivity index (χ2v) is 11.9. The summed E-state index contributed by atoms with van der Waals surface area (Å²) < 4.78 is 26.2. The Labute approximate surface area is 222 Å². The van der Waals surface area contributed by atoms with Crippen molar-refractivity contribution in [2.24, 2.45) is 5.92 Å². The molecule has 35 heavy (non-hydrogen) atoms. The third kappa shape index (κ3) is 8.27. The Morgan fingerprint density at radius 1 is 0.971 bits per heavy atom. The molecule has 0 radical (unpaired) electrons. The Kier molecular flexibility index (Phi) is 10.3. The molecule has 7 nitrogen and oxygen atoms in total. The van der Waals surface area contributed by atoms with E-state index in [9.17, 15) is 18.0 Å². The Morgan fingerprint density at radius 2 is 1.54 bits per heavy atom. The summed E-state index contributed by atoms with van der Waals surface area (Å²) in [4.78, 5) is 27.7. The van der Waals surface area contributed by atoms with E-state index in [1.165, 1.54) is 17.0 Å². The number of hydrogen-bond acceptors (Lipinski definition) is 4. The van der Waals surface area contributed by atoms with Gasteiger partial charge in [-0.3, -0.25) is 13.9 Å². The zero-order valence-electron chi connectivity index (χ0n) is 20.3. The van der Waals surface area contributed by atoms with Gasteiger partial charge in [-0.2, -0.15) is 0 Å². The molecule has 0 aliphatic carbocycles. The van der Waals surface area contributed by atoms with Gasteiger partial charge in [0.05, 0.1) is 27.0 Å². The summed E-state index contributed by atoms with van der Waals surface area (Å²) in [6.45, 7) is 7.46. The lowest BCUT2D eigenvalue weighted by atomic mass is 10.1. The van der Waals surface area contributed by atoms with Crippen LogP contribution in [0.2, 0.25) is 15.1 Å². The fourth-order valence-electron chi connectivity index (χ4n) is 3.22. The lowest BCUT2D eigenvalue weighted by Gasteiger charge is -2.32. The molecule has 1 atom stereocenters. The van der Waals surface area contributed by atoms with Gasteiger partial charge in [-0.1, -0.05) is 78.5 Å². The molecule has 0 saturated carbocycles. The molecule has 11 heteroatoms.